The molecule has 0 saturated carbocycles. The van der Waals surface area contributed by atoms with Crippen LogP contribution in [0, 0.1) is 10.1 Å². The first-order valence-electron chi connectivity index (χ1n) is 4.49. The van der Waals surface area contributed by atoms with E-state index < -0.39 is 16.9 Å². The maximum Gasteiger partial charge on any atom is 0.454 e. The number of allylic oxidation sites excluding steroid dienone is 1. The molecule has 0 atom stereocenters. The zero-order valence-corrected chi connectivity index (χ0v) is 9.49. The van der Waals surface area contributed by atoms with Gasteiger partial charge < -0.3 is 0 Å². The van der Waals surface area contributed by atoms with Gasteiger partial charge in [0.1, 0.15) is 0 Å². The summed E-state index contributed by atoms with van der Waals surface area (Å²) in [5.74, 6) is -1.95. The van der Waals surface area contributed by atoms with E-state index in [0.29, 0.717) is 11.0 Å². The number of ketones is 1. The molecule has 96 valence electrons. The topological polar surface area (TPSA) is 60.2 Å². The van der Waals surface area contributed by atoms with Crippen molar-refractivity contribution in [2.45, 2.75) is 11.1 Å². The van der Waals surface area contributed by atoms with E-state index >= 15 is 0 Å². The summed E-state index contributed by atoms with van der Waals surface area (Å²) >= 11 is 0.861. The highest BCUT2D eigenvalue weighted by atomic mass is 32.2. The molecule has 0 heterocycles. The fraction of sp³-hybridized carbons (Fsp3) is 0.100. The summed E-state index contributed by atoms with van der Waals surface area (Å²) in [4.78, 5) is 20.7. The van der Waals surface area contributed by atoms with Gasteiger partial charge in [-0.3, -0.25) is 14.9 Å². The van der Waals surface area contributed by atoms with Crippen LogP contribution in [0.3, 0.4) is 0 Å². The molecule has 0 aliphatic rings. The third kappa shape index (κ3) is 4.21. The average Bonchev–Trinajstić information content (AvgIpc) is 2.28. The molecule has 0 unspecified atom stereocenters. The van der Waals surface area contributed by atoms with Crippen molar-refractivity contribution in [3.05, 3.63) is 45.9 Å². The van der Waals surface area contributed by atoms with Crippen LogP contribution in [0.1, 0.15) is 0 Å². The lowest BCUT2D eigenvalue weighted by Gasteiger charge is -1.99. The van der Waals surface area contributed by atoms with Crippen LogP contribution in [0.5, 0.6) is 0 Å². The van der Waals surface area contributed by atoms with Crippen LogP contribution < -0.4 is 0 Å². The molecule has 0 radical (unpaired) electrons. The van der Waals surface area contributed by atoms with Gasteiger partial charge in [-0.25, -0.2) is 0 Å². The van der Waals surface area contributed by atoms with Crippen LogP contribution in [0.25, 0.3) is 0 Å². The van der Waals surface area contributed by atoms with Crippen molar-refractivity contribution in [2.24, 2.45) is 0 Å². The lowest BCUT2D eigenvalue weighted by atomic mass is 10.3. The van der Waals surface area contributed by atoms with E-state index in [2.05, 4.69) is 0 Å². The number of nitro benzene ring substituents is 1. The Morgan fingerprint density at radius 2 is 1.83 bits per heavy atom. The molecule has 0 N–H and O–H groups in total. The first-order chi connectivity index (χ1) is 8.30. The quantitative estimate of drug-likeness (QED) is 0.366. The number of thioether (sulfide) groups is 1. The summed E-state index contributed by atoms with van der Waals surface area (Å²) in [7, 11) is 0. The van der Waals surface area contributed by atoms with Crippen molar-refractivity contribution in [2.75, 3.05) is 0 Å². The number of alkyl halides is 3. The number of hydrogen-bond acceptors (Lipinski definition) is 4. The molecule has 1 aromatic rings. The molecule has 18 heavy (non-hydrogen) atoms. The standard InChI is InChI=1S/C10H6F3NO3S/c11-10(12,13)9(15)5-6-18-8-3-1-7(2-4-8)14(16)17/h1-6H/b6-5+. The van der Waals surface area contributed by atoms with Gasteiger partial charge in [-0.15, -0.1) is 0 Å². The number of carbonyl (C=O) groups excluding carboxylic acids is 1. The average molecular weight is 277 g/mol. The summed E-state index contributed by atoms with van der Waals surface area (Å²) in [6.07, 6.45) is -4.47. The number of halogens is 3. The number of nitro groups is 1. The van der Waals surface area contributed by atoms with Crippen molar-refractivity contribution >= 4 is 23.2 Å². The first kappa shape index (κ1) is 14.2. The molecule has 1 rings (SSSR count). The van der Waals surface area contributed by atoms with Gasteiger partial charge in [0.05, 0.1) is 4.92 Å². The smallest absolute Gasteiger partial charge is 0.285 e. The highest BCUT2D eigenvalue weighted by Gasteiger charge is 2.35. The first-order valence-corrected chi connectivity index (χ1v) is 5.37. The van der Waals surface area contributed by atoms with Gasteiger partial charge in [0.2, 0.25) is 0 Å². The van der Waals surface area contributed by atoms with Gasteiger partial charge in [-0.2, -0.15) is 13.2 Å². The van der Waals surface area contributed by atoms with Gasteiger partial charge in [0.25, 0.3) is 11.5 Å². The summed E-state index contributed by atoms with van der Waals surface area (Å²) in [5, 5.41) is 11.3. The van der Waals surface area contributed by atoms with E-state index in [0.717, 1.165) is 17.2 Å². The van der Waals surface area contributed by atoms with Gasteiger partial charge in [0, 0.05) is 17.0 Å². The molecule has 4 nitrogen and oxygen atoms in total. The van der Waals surface area contributed by atoms with Crippen LogP contribution in [-0.4, -0.2) is 16.9 Å². The largest absolute Gasteiger partial charge is 0.454 e. The Balaban J connectivity index is 2.62. The minimum absolute atomic E-state index is 0.116. The third-order valence-corrected chi connectivity index (χ3v) is 2.57. The molecule has 0 amide bonds. The second-order valence-electron chi connectivity index (χ2n) is 3.03. The molecule has 0 saturated heterocycles. The predicted octanol–water partition coefficient (Wildman–Crippen LogP) is 3.33. The van der Waals surface area contributed by atoms with E-state index in [1.54, 1.807) is 0 Å². The fourth-order valence-electron chi connectivity index (χ4n) is 0.915. The number of hydrogen-bond donors (Lipinski definition) is 0. The van der Waals surface area contributed by atoms with Crippen molar-refractivity contribution in [1.82, 2.24) is 0 Å². The zero-order chi connectivity index (χ0) is 13.8. The van der Waals surface area contributed by atoms with E-state index in [1.165, 1.54) is 24.3 Å². The van der Waals surface area contributed by atoms with E-state index in [-0.39, 0.29) is 5.69 Å². The summed E-state index contributed by atoms with van der Waals surface area (Å²) < 4.78 is 35.5. The van der Waals surface area contributed by atoms with Crippen LogP contribution in [0.4, 0.5) is 18.9 Å². The second kappa shape index (κ2) is 5.67. The Kier molecular flexibility index (Phi) is 4.49. The van der Waals surface area contributed by atoms with E-state index in [4.69, 9.17) is 0 Å². The van der Waals surface area contributed by atoms with Crippen molar-refractivity contribution in [3.8, 4) is 0 Å². The van der Waals surface area contributed by atoms with Gasteiger partial charge in [0.15, 0.2) is 0 Å². The number of carbonyl (C=O) groups is 1. The fourth-order valence-corrected chi connectivity index (χ4v) is 1.56. The Labute approximate surface area is 104 Å². The predicted molar refractivity (Wildman–Crippen MR) is 59.2 cm³/mol. The summed E-state index contributed by atoms with van der Waals surface area (Å²) in [6, 6.07) is 5.21. The monoisotopic (exact) mass is 277 g/mol. The maximum atomic E-state index is 11.8. The Hall–Kier alpha value is -1.83. The lowest BCUT2D eigenvalue weighted by Crippen LogP contribution is -2.19. The van der Waals surface area contributed by atoms with Crippen LogP contribution in [0.2, 0.25) is 0 Å². The van der Waals surface area contributed by atoms with Gasteiger partial charge in [-0.05, 0) is 23.6 Å². The zero-order valence-electron chi connectivity index (χ0n) is 8.68. The normalized spacial score (nSPS) is 11.7. The van der Waals surface area contributed by atoms with Crippen molar-refractivity contribution in [3.63, 3.8) is 0 Å². The Morgan fingerprint density at radius 3 is 2.28 bits per heavy atom. The number of non-ortho nitro benzene ring substituents is 1. The van der Waals surface area contributed by atoms with Crippen molar-refractivity contribution in [1.29, 1.82) is 0 Å². The molecule has 0 aliphatic heterocycles. The van der Waals surface area contributed by atoms with E-state index in [1.807, 2.05) is 0 Å². The molecule has 1 aromatic carbocycles. The summed E-state index contributed by atoms with van der Waals surface area (Å²) in [5.41, 5.74) is -0.116. The highest BCUT2D eigenvalue weighted by molar-refractivity contribution is 8.02. The SMILES string of the molecule is O=C(/C=C/Sc1ccc([N+](=O)[O-])cc1)C(F)(F)F. The molecule has 0 spiro atoms. The molecular formula is C10H6F3NO3S. The number of benzene rings is 1. The third-order valence-electron chi connectivity index (χ3n) is 1.75. The highest BCUT2D eigenvalue weighted by Crippen LogP contribution is 2.23. The number of nitrogens with zero attached hydrogens (tertiary/aromatic N) is 1. The Bertz CT molecular complexity index is 482. The molecule has 0 aromatic heterocycles. The van der Waals surface area contributed by atoms with Crippen LogP contribution >= 0.6 is 11.8 Å². The van der Waals surface area contributed by atoms with Crippen LogP contribution in [-0.2, 0) is 4.79 Å². The summed E-state index contributed by atoms with van der Waals surface area (Å²) in [6.45, 7) is 0. The van der Waals surface area contributed by atoms with Crippen LogP contribution in [0.15, 0.2) is 40.6 Å². The molecule has 0 aliphatic carbocycles. The van der Waals surface area contributed by atoms with E-state index in [9.17, 15) is 28.1 Å². The second-order valence-corrected chi connectivity index (χ2v) is 4.01. The lowest BCUT2D eigenvalue weighted by molar-refractivity contribution is -0.384. The molecule has 0 bridgehead atoms. The van der Waals surface area contributed by atoms with Gasteiger partial charge in [-0.1, -0.05) is 11.8 Å². The number of rotatable bonds is 4. The minimum atomic E-state index is -4.88. The molecular weight excluding hydrogens is 271 g/mol. The minimum Gasteiger partial charge on any atom is -0.285 e. The van der Waals surface area contributed by atoms with Gasteiger partial charge >= 0.3 is 6.18 Å². The maximum absolute atomic E-state index is 11.8. The van der Waals surface area contributed by atoms with Crippen molar-refractivity contribution < 1.29 is 22.9 Å². The Morgan fingerprint density at radius 1 is 1.28 bits per heavy atom. The molecule has 0 fully saturated rings. The molecule has 8 heteroatoms.